The standard InChI is InChI=1S/C12H11NO2/c14-11-7-13(8-5-6-8)12(15)10-4-2-1-3-9(10)11/h1-4,8H,5-7H2. The summed E-state index contributed by atoms with van der Waals surface area (Å²) in [4.78, 5) is 25.5. The normalized spacial score (nSPS) is 20.4. The molecule has 1 aliphatic carbocycles. The van der Waals surface area contributed by atoms with E-state index < -0.39 is 0 Å². The molecular formula is C12H11NO2. The van der Waals surface area contributed by atoms with E-state index in [2.05, 4.69) is 0 Å². The van der Waals surface area contributed by atoms with Crippen molar-refractivity contribution in [2.24, 2.45) is 0 Å². The summed E-state index contributed by atoms with van der Waals surface area (Å²) in [5.74, 6) is 0.0878. The molecule has 0 aromatic heterocycles. The van der Waals surface area contributed by atoms with Crippen LogP contribution in [0.3, 0.4) is 0 Å². The number of hydrogen-bond acceptors (Lipinski definition) is 2. The van der Waals surface area contributed by atoms with Gasteiger partial charge in [-0.3, -0.25) is 9.59 Å². The number of carbonyl (C=O) groups excluding carboxylic acids is 2. The van der Waals surface area contributed by atoms with Gasteiger partial charge in [0.2, 0.25) is 0 Å². The van der Waals surface area contributed by atoms with Crippen molar-refractivity contribution >= 4 is 11.7 Å². The lowest BCUT2D eigenvalue weighted by Crippen LogP contribution is -2.42. The van der Waals surface area contributed by atoms with Gasteiger partial charge in [-0.25, -0.2) is 0 Å². The van der Waals surface area contributed by atoms with E-state index in [0.29, 0.717) is 17.2 Å². The van der Waals surface area contributed by atoms with Crippen molar-refractivity contribution in [2.75, 3.05) is 6.54 Å². The van der Waals surface area contributed by atoms with Gasteiger partial charge in [-0.15, -0.1) is 0 Å². The van der Waals surface area contributed by atoms with Gasteiger partial charge in [-0.1, -0.05) is 18.2 Å². The van der Waals surface area contributed by atoms with Crippen LogP contribution >= 0.6 is 0 Å². The van der Waals surface area contributed by atoms with Gasteiger partial charge >= 0.3 is 0 Å². The van der Waals surface area contributed by atoms with E-state index in [1.165, 1.54) is 0 Å². The number of rotatable bonds is 1. The maximum Gasteiger partial charge on any atom is 0.255 e. The molecule has 1 aromatic rings. The van der Waals surface area contributed by atoms with Gasteiger partial charge in [0.15, 0.2) is 5.78 Å². The van der Waals surface area contributed by atoms with Crippen LogP contribution in [0.2, 0.25) is 0 Å². The zero-order chi connectivity index (χ0) is 10.4. The van der Waals surface area contributed by atoms with E-state index >= 15 is 0 Å². The van der Waals surface area contributed by atoms with Crippen molar-refractivity contribution in [1.29, 1.82) is 0 Å². The average Bonchev–Trinajstić information content (AvgIpc) is 3.07. The van der Waals surface area contributed by atoms with Crippen molar-refractivity contribution in [1.82, 2.24) is 4.90 Å². The predicted molar refractivity (Wildman–Crippen MR) is 54.8 cm³/mol. The first-order valence-corrected chi connectivity index (χ1v) is 5.20. The Hall–Kier alpha value is -1.64. The molecule has 0 bridgehead atoms. The van der Waals surface area contributed by atoms with Crippen LogP contribution in [-0.4, -0.2) is 29.2 Å². The molecule has 1 saturated carbocycles. The summed E-state index contributed by atoms with van der Waals surface area (Å²) in [6, 6.07) is 7.40. The lowest BCUT2D eigenvalue weighted by Gasteiger charge is -2.27. The molecule has 1 amide bonds. The van der Waals surface area contributed by atoms with E-state index in [1.54, 1.807) is 29.2 Å². The van der Waals surface area contributed by atoms with E-state index in [9.17, 15) is 9.59 Å². The summed E-state index contributed by atoms with van der Waals surface area (Å²) in [7, 11) is 0. The highest BCUT2D eigenvalue weighted by atomic mass is 16.2. The number of benzene rings is 1. The molecule has 0 N–H and O–H groups in total. The number of carbonyl (C=O) groups is 2. The van der Waals surface area contributed by atoms with Crippen LogP contribution in [0.1, 0.15) is 33.6 Å². The lowest BCUT2D eigenvalue weighted by atomic mass is 9.98. The third kappa shape index (κ3) is 1.27. The fourth-order valence-electron chi connectivity index (χ4n) is 2.06. The molecule has 2 aliphatic rings. The SMILES string of the molecule is O=C1CN(C2CC2)C(=O)c2ccccc21. The highest BCUT2D eigenvalue weighted by Gasteiger charge is 2.38. The summed E-state index contributed by atoms with van der Waals surface area (Å²) in [5, 5.41) is 0. The minimum Gasteiger partial charge on any atom is -0.328 e. The maximum absolute atomic E-state index is 12.0. The highest BCUT2D eigenvalue weighted by Crippen LogP contribution is 2.31. The second kappa shape index (κ2) is 2.92. The van der Waals surface area contributed by atoms with Gasteiger partial charge in [0.05, 0.1) is 12.1 Å². The van der Waals surface area contributed by atoms with Crippen molar-refractivity contribution in [3.63, 3.8) is 0 Å². The van der Waals surface area contributed by atoms with Gasteiger partial charge in [-0.05, 0) is 18.9 Å². The van der Waals surface area contributed by atoms with E-state index in [-0.39, 0.29) is 18.2 Å². The van der Waals surface area contributed by atoms with Gasteiger partial charge in [0, 0.05) is 11.6 Å². The van der Waals surface area contributed by atoms with Crippen LogP contribution in [0.5, 0.6) is 0 Å². The van der Waals surface area contributed by atoms with Gasteiger partial charge in [0.25, 0.3) is 5.91 Å². The van der Waals surface area contributed by atoms with Crippen LogP contribution in [-0.2, 0) is 0 Å². The van der Waals surface area contributed by atoms with E-state index in [4.69, 9.17) is 0 Å². The van der Waals surface area contributed by atoms with Crippen LogP contribution < -0.4 is 0 Å². The Morgan fingerprint density at radius 2 is 1.73 bits per heavy atom. The molecule has 0 unspecified atom stereocenters. The number of nitrogens with zero attached hydrogens (tertiary/aromatic N) is 1. The summed E-state index contributed by atoms with van der Waals surface area (Å²) in [6.07, 6.45) is 2.09. The number of Topliss-reactive ketones (excluding diaryl/α,β-unsaturated/α-hetero) is 1. The number of hydrogen-bond donors (Lipinski definition) is 0. The van der Waals surface area contributed by atoms with Crippen molar-refractivity contribution in [2.45, 2.75) is 18.9 Å². The average molecular weight is 201 g/mol. The summed E-state index contributed by atoms with van der Waals surface area (Å²) in [5.41, 5.74) is 1.15. The van der Waals surface area contributed by atoms with Crippen molar-refractivity contribution < 1.29 is 9.59 Å². The van der Waals surface area contributed by atoms with Crippen molar-refractivity contribution in [3.05, 3.63) is 35.4 Å². The topological polar surface area (TPSA) is 37.4 Å². The van der Waals surface area contributed by atoms with Crippen molar-refractivity contribution in [3.8, 4) is 0 Å². The smallest absolute Gasteiger partial charge is 0.255 e. The molecule has 1 heterocycles. The molecule has 0 atom stereocenters. The Kier molecular flexibility index (Phi) is 1.69. The van der Waals surface area contributed by atoms with Crippen LogP contribution in [0, 0.1) is 0 Å². The number of ketones is 1. The minimum atomic E-state index is 0.0210. The molecule has 3 nitrogen and oxygen atoms in total. The molecule has 0 spiro atoms. The molecule has 3 rings (SSSR count). The Labute approximate surface area is 87.7 Å². The molecule has 1 aromatic carbocycles. The second-order valence-electron chi connectivity index (χ2n) is 4.13. The first-order chi connectivity index (χ1) is 7.27. The third-order valence-electron chi connectivity index (χ3n) is 3.02. The summed E-state index contributed by atoms with van der Waals surface area (Å²) in [6.45, 7) is 0.264. The predicted octanol–water partition coefficient (Wildman–Crippen LogP) is 1.49. The fourth-order valence-corrected chi connectivity index (χ4v) is 2.06. The molecule has 76 valence electrons. The second-order valence-corrected chi connectivity index (χ2v) is 4.13. The van der Waals surface area contributed by atoms with Gasteiger partial charge < -0.3 is 4.90 Å². The molecule has 0 radical (unpaired) electrons. The fraction of sp³-hybridized carbons (Fsp3) is 0.333. The summed E-state index contributed by atoms with van der Waals surface area (Å²) < 4.78 is 0. The first-order valence-electron chi connectivity index (χ1n) is 5.20. The monoisotopic (exact) mass is 201 g/mol. The number of fused-ring (bicyclic) bond motifs is 1. The molecule has 1 aliphatic heterocycles. The van der Waals surface area contributed by atoms with E-state index in [1.807, 2.05) is 0 Å². The Morgan fingerprint density at radius 3 is 2.40 bits per heavy atom. The quantitative estimate of drug-likeness (QED) is 0.690. The highest BCUT2D eigenvalue weighted by molar-refractivity contribution is 6.13. The van der Waals surface area contributed by atoms with Gasteiger partial charge in [-0.2, -0.15) is 0 Å². The lowest BCUT2D eigenvalue weighted by molar-refractivity contribution is 0.0668. The van der Waals surface area contributed by atoms with E-state index in [0.717, 1.165) is 12.8 Å². The molecular weight excluding hydrogens is 190 g/mol. The molecule has 1 fully saturated rings. The van der Waals surface area contributed by atoms with Crippen LogP contribution in [0.25, 0.3) is 0 Å². The Balaban J connectivity index is 2.07. The number of amides is 1. The first kappa shape index (κ1) is 8.65. The van der Waals surface area contributed by atoms with Crippen LogP contribution in [0.4, 0.5) is 0 Å². The largest absolute Gasteiger partial charge is 0.328 e. The molecule has 0 saturated heterocycles. The Bertz CT molecular complexity index is 449. The molecule has 15 heavy (non-hydrogen) atoms. The van der Waals surface area contributed by atoms with Gasteiger partial charge in [0.1, 0.15) is 0 Å². The molecule has 3 heteroatoms. The van der Waals surface area contributed by atoms with Crippen LogP contribution in [0.15, 0.2) is 24.3 Å². The summed E-state index contributed by atoms with van der Waals surface area (Å²) >= 11 is 0. The minimum absolute atomic E-state index is 0.0210. The zero-order valence-corrected chi connectivity index (χ0v) is 8.27. The zero-order valence-electron chi connectivity index (χ0n) is 8.27. The third-order valence-corrected chi connectivity index (χ3v) is 3.02. The Morgan fingerprint density at radius 1 is 1.07 bits per heavy atom. The maximum atomic E-state index is 12.0.